The van der Waals surface area contributed by atoms with Crippen molar-refractivity contribution in [3.05, 3.63) is 35.6 Å². The Hall–Kier alpha value is -1.81. The number of amides is 1. The zero-order valence-corrected chi connectivity index (χ0v) is 12.7. The van der Waals surface area contributed by atoms with E-state index in [4.69, 9.17) is 4.42 Å². The van der Waals surface area contributed by atoms with Gasteiger partial charge in [-0.05, 0) is 44.5 Å². The molecule has 0 aliphatic carbocycles. The van der Waals surface area contributed by atoms with Crippen LogP contribution in [0.3, 0.4) is 0 Å². The van der Waals surface area contributed by atoms with Crippen molar-refractivity contribution in [3.63, 3.8) is 0 Å². The molecule has 0 spiro atoms. The third-order valence-corrected chi connectivity index (χ3v) is 4.08. The summed E-state index contributed by atoms with van der Waals surface area (Å²) in [5, 5.41) is 4.43. The Balaban J connectivity index is 1.79. The summed E-state index contributed by atoms with van der Waals surface area (Å²) < 4.78 is 5.72. The Bertz CT molecular complexity index is 645. The fraction of sp³-hybridized carbons (Fsp3) is 0.471. The second-order valence-corrected chi connectivity index (χ2v) is 5.80. The van der Waals surface area contributed by atoms with E-state index in [9.17, 15) is 4.79 Å². The lowest BCUT2D eigenvalue weighted by Crippen LogP contribution is -2.47. The van der Waals surface area contributed by atoms with Crippen LogP contribution < -0.4 is 5.32 Å². The van der Waals surface area contributed by atoms with Crippen LogP contribution in [0.5, 0.6) is 0 Å². The second kappa shape index (κ2) is 5.90. The molecular formula is C17H22N2O2. The molecule has 0 bridgehead atoms. The molecule has 1 aliphatic rings. The van der Waals surface area contributed by atoms with Gasteiger partial charge < -0.3 is 14.6 Å². The number of hydrogen-bond donors (Lipinski definition) is 1. The quantitative estimate of drug-likeness (QED) is 0.943. The van der Waals surface area contributed by atoms with Gasteiger partial charge in [0.25, 0.3) is 5.91 Å². The van der Waals surface area contributed by atoms with Gasteiger partial charge in [0, 0.05) is 24.5 Å². The Morgan fingerprint density at radius 2 is 2.29 bits per heavy atom. The molecule has 112 valence electrons. The topological polar surface area (TPSA) is 45.5 Å². The Kier molecular flexibility index (Phi) is 3.97. The third-order valence-electron chi connectivity index (χ3n) is 4.08. The molecule has 1 unspecified atom stereocenters. The minimum Gasteiger partial charge on any atom is -0.451 e. The first-order valence-electron chi connectivity index (χ1n) is 7.70. The summed E-state index contributed by atoms with van der Waals surface area (Å²) in [4.78, 5) is 14.5. The molecule has 1 amide bonds. The first-order valence-corrected chi connectivity index (χ1v) is 7.70. The molecule has 2 aromatic rings. The van der Waals surface area contributed by atoms with Crippen molar-refractivity contribution in [2.45, 2.75) is 32.7 Å². The standard InChI is InChI=1S/C17H22N2O2/c1-3-18-14-5-4-8-19(11-14)17(20)16-10-13-9-12(2)6-7-15(13)21-16/h6-7,9-10,14,18H,3-5,8,11H2,1-2H3. The number of benzene rings is 1. The Labute approximate surface area is 125 Å². The van der Waals surface area contributed by atoms with Crippen LogP contribution in [0.1, 0.15) is 35.9 Å². The number of hydrogen-bond acceptors (Lipinski definition) is 3. The highest BCUT2D eigenvalue weighted by Crippen LogP contribution is 2.23. The van der Waals surface area contributed by atoms with Crippen molar-refractivity contribution in [2.24, 2.45) is 0 Å². The molecule has 1 fully saturated rings. The van der Waals surface area contributed by atoms with Crippen molar-refractivity contribution >= 4 is 16.9 Å². The molecule has 4 heteroatoms. The summed E-state index contributed by atoms with van der Waals surface area (Å²) in [5.41, 5.74) is 1.96. The molecule has 1 aromatic carbocycles. The number of furan rings is 1. The van der Waals surface area contributed by atoms with Gasteiger partial charge in [-0.2, -0.15) is 0 Å². The summed E-state index contributed by atoms with van der Waals surface area (Å²) in [7, 11) is 0. The molecular weight excluding hydrogens is 264 g/mol. The van der Waals surface area contributed by atoms with Crippen LogP contribution >= 0.6 is 0 Å². The van der Waals surface area contributed by atoms with Gasteiger partial charge in [-0.1, -0.05) is 18.6 Å². The van der Waals surface area contributed by atoms with Gasteiger partial charge >= 0.3 is 0 Å². The largest absolute Gasteiger partial charge is 0.451 e. The number of likely N-dealkylation sites (tertiary alicyclic amines) is 1. The van der Waals surface area contributed by atoms with E-state index in [1.54, 1.807) is 0 Å². The lowest BCUT2D eigenvalue weighted by Gasteiger charge is -2.32. The summed E-state index contributed by atoms with van der Waals surface area (Å²) in [6.45, 7) is 6.66. The normalized spacial score (nSPS) is 19.1. The molecule has 2 heterocycles. The maximum Gasteiger partial charge on any atom is 0.289 e. The zero-order valence-electron chi connectivity index (χ0n) is 12.7. The number of piperidine rings is 1. The number of nitrogens with zero attached hydrogens (tertiary/aromatic N) is 1. The number of carbonyl (C=O) groups is 1. The number of aryl methyl sites for hydroxylation is 1. The fourth-order valence-corrected chi connectivity index (χ4v) is 3.04. The molecule has 1 aliphatic heterocycles. The maximum atomic E-state index is 12.6. The van der Waals surface area contributed by atoms with Gasteiger partial charge in [0.05, 0.1) is 0 Å². The van der Waals surface area contributed by atoms with Crippen LogP contribution in [0.25, 0.3) is 11.0 Å². The van der Waals surface area contributed by atoms with Crippen molar-refractivity contribution in [1.82, 2.24) is 10.2 Å². The van der Waals surface area contributed by atoms with Crippen LogP contribution in [0.15, 0.2) is 28.7 Å². The van der Waals surface area contributed by atoms with Crippen LogP contribution in [0, 0.1) is 6.92 Å². The molecule has 21 heavy (non-hydrogen) atoms. The van der Waals surface area contributed by atoms with Crippen molar-refractivity contribution < 1.29 is 9.21 Å². The summed E-state index contributed by atoms with van der Waals surface area (Å²) in [6.07, 6.45) is 2.18. The monoisotopic (exact) mass is 286 g/mol. The van der Waals surface area contributed by atoms with Crippen LogP contribution in [0.2, 0.25) is 0 Å². The summed E-state index contributed by atoms with van der Waals surface area (Å²) in [5.74, 6) is 0.458. The first kappa shape index (κ1) is 14.1. The zero-order chi connectivity index (χ0) is 14.8. The van der Waals surface area contributed by atoms with E-state index in [2.05, 4.69) is 12.2 Å². The summed E-state index contributed by atoms with van der Waals surface area (Å²) >= 11 is 0. The van der Waals surface area contributed by atoms with E-state index in [1.165, 1.54) is 5.56 Å². The maximum absolute atomic E-state index is 12.6. The van der Waals surface area contributed by atoms with Gasteiger partial charge in [0.1, 0.15) is 5.58 Å². The minimum absolute atomic E-state index is 0.00598. The first-order chi connectivity index (χ1) is 10.2. The SMILES string of the molecule is CCNC1CCCN(C(=O)c2cc3cc(C)ccc3o2)C1. The molecule has 0 saturated carbocycles. The highest BCUT2D eigenvalue weighted by Gasteiger charge is 2.26. The van der Waals surface area contributed by atoms with E-state index >= 15 is 0 Å². The molecule has 1 saturated heterocycles. The van der Waals surface area contributed by atoms with Gasteiger partial charge in [-0.15, -0.1) is 0 Å². The van der Waals surface area contributed by atoms with E-state index in [-0.39, 0.29) is 5.91 Å². The van der Waals surface area contributed by atoms with Crippen molar-refractivity contribution in [1.29, 1.82) is 0 Å². The fourth-order valence-electron chi connectivity index (χ4n) is 3.04. The molecule has 0 radical (unpaired) electrons. The predicted molar refractivity (Wildman–Crippen MR) is 83.6 cm³/mol. The van der Waals surface area contributed by atoms with E-state index in [0.717, 1.165) is 43.4 Å². The predicted octanol–water partition coefficient (Wildman–Crippen LogP) is 2.96. The average molecular weight is 286 g/mol. The average Bonchev–Trinajstić information content (AvgIpc) is 2.90. The smallest absolute Gasteiger partial charge is 0.289 e. The molecule has 1 aromatic heterocycles. The number of rotatable bonds is 3. The molecule has 3 rings (SSSR count). The number of likely N-dealkylation sites (N-methyl/N-ethyl adjacent to an activating group) is 1. The van der Waals surface area contributed by atoms with E-state index < -0.39 is 0 Å². The van der Waals surface area contributed by atoms with Gasteiger partial charge in [-0.25, -0.2) is 0 Å². The highest BCUT2D eigenvalue weighted by atomic mass is 16.3. The van der Waals surface area contributed by atoms with Gasteiger partial charge in [-0.3, -0.25) is 4.79 Å². The van der Waals surface area contributed by atoms with E-state index in [0.29, 0.717) is 11.8 Å². The number of carbonyl (C=O) groups excluding carboxylic acids is 1. The Morgan fingerprint density at radius 1 is 1.43 bits per heavy atom. The molecule has 1 N–H and O–H groups in total. The number of nitrogens with one attached hydrogen (secondary N) is 1. The lowest BCUT2D eigenvalue weighted by molar-refractivity contribution is 0.0666. The van der Waals surface area contributed by atoms with Gasteiger partial charge in [0.15, 0.2) is 5.76 Å². The lowest BCUT2D eigenvalue weighted by atomic mass is 10.1. The van der Waals surface area contributed by atoms with Crippen LogP contribution in [-0.2, 0) is 0 Å². The van der Waals surface area contributed by atoms with Crippen molar-refractivity contribution in [3.8, 4) is 0 Å². The molecule has 1 atom stereocenters. The minimum atomic E-state index is 0.00598. The van der Waals surface area contributed by atoms with E-state index in [1.807, 2.05) is 36.1 Å². The third kappa shape index (κ3) is 2.95. The van der Waals surface area contributed by atoms with Crippen molar-refractivity contribution in [2.75, 3.05) is 19.6 Å². The summed E-state index contributed by atoms with van der Waals surface area (Å²) in [6, 6.07) is 8.25. The van der Waals surface area contributed by atoms with Crippen LogP contribution in [-0.4, -0.2) is 36.5 Å². The van der Waals surface area contributed by atoms with Crippen LogP contribution in [0.4, 0.5) is 0 Å². The Morgan fingerprint density at radius 3 is 3.10 bits per heavy atom. The number of fused-ring (bicyclic) bond motifs is 1. The highest BCUT2D eigenvalue weighted by molar-refractivity contribution is 5.96. The van der Waals surface area contributed by atoms with Gasteiger partial charge in [0.2, 0.25) is 0 Å². The second-order valence-electron chi connectivity index (χ2n) is 5.80. The molecule has 4 nitrogen and oxygen atoms in total.